The van der Waals surface area contributed by atoms with Crippen LogP contribution < -0.4 is 10.6 Å². The highest BCUT2D eigenvalue weighted by atomic mass is 79.9. The largest absolute Gasteiger partial charge is 0.383 e. The van der Waals surface area contributed by atoms with Crippen molar-refractivity contribution in [2.75, 3.05) is 32.1 Å². The van der Waals surface area contributed by atoms with Crippen molar-refractivity contribution in [3.8, 4) is 6.07 Å². The van der Waals surface area contributed by atoms with Crippen molar-refractivity contribution < 1.29 is 4.74 Å². The minimum atomic E-state index is -0.0240. The molecule has 0 radical (unpaired) electrons. The SMILES string of the molecule is COC[C@@]1(CNc2cccc(Br)c2C#N)CCCN1. The lowest BCUT2D eigenvalue weighted by Crippen LogP contribution is -2.49. The molecule has 0 amide bonds. The lowest BCUT2D eigenvalue weighted by Gasteiger charge is -2.29. The van der Waals surface area contributed by atoms with E-state index in [1.165, 1.54) is 0 Å². The minimum absolute atomic E-state index is 0.0240. The summed E-state index contributed by atoms with van der Waals surface area (Å²) in [4.78, 5) is 0. The van der Waals surface area contributed by atoms with Crippen LogP contribution in [0, 0.1) is 11.3 Å². The zero-order valence-electron chi connectivity index (χ0n) is 11.0. The van der Waals surface area contributed by atoms with Crippen molar-refractivity contribution in [3.63, 3.8) is 0 Å². The van der Waals surface area contributed by atoms with Crippen LogP contribution in [0.4, 0.5) is 5.69 Å². The van der Waals surface area contributed by atoms with Gasteiger partial charge in [-0.2, -0.15) is 5.26 Å². The van der Waals surface area contributed by atoms with Gasteiger partial charge < -0.3 is 15.4 Å². The van der Waals surface area contributed by atoms with Crippen molar-refractivity contribution in [3.05, 3.63) is 28.2 Å². The normalized spacial score (nSPS) is 22.2. The van der Waals surface area contributed by atoms with Crippen molar-refractivity contribution in [1.82, 2.24) is 5.32 Å². The van der Waals surface area contributed by atoms with Gasteiger partial charge in [-0.1, -0.05) is 6.07 Å². The summed E-state index contributed by atoms with van der Waals surface area (Å²) in [6.07, 6.45) is 2.25. The van der Waals surface area contributed by atoms with E-state index in [-0.39, 0.29) is 5.54 Å². The fourth-order valence-electron chi connectivity index (χ4n) is 2.52. The highest BCUT2D eigenvalue weighted by Gasteiger charge is 2.33. The number of ether oxygens (including phenoxy) is 1. The molecule has 1 aromatic carbocycles. The molecule has 19 heavy (non-hydrogen) atoms. The van der Waals surface area contributed by atoms with Crippen LogP contribution in [0.2, 0.25) is 0 Å². The third-order valence-corrected chi connectivity index (χ3v) is 4.16. The summed E-state index contributed by atoms with van der Waals surface area (Å²) >= 11 is 3.40. The lowest BCUT2D eigenvalue weighted by molar-refractivity contribution is 0.127. The summed E-state index contributed by atoms with van der Waals surface area (Å²) in [7, 11) is 1.72. The van der Waals surface area contributed by atoms with Crippen molar-refractivity contribution in [2.45, 2.75) is 18.4 Å². The van der Waals surface area contributed by atoms with E-state index in [0.717, 1.165) is 36.1 Å². The van der Waals surface area contributed by atoms with Crippen LogP contribution in [0.15, 0.2) is 22.7 Å². The average Bonchev–Trinajstić information content (AvgIpc) is 2.86. The number of benzene rings is 1. The van der Waals surface area contributed by atoms with Gasteiger partial charge in [0.2, 0.25) is 0 Å². The molecule has 2 N–H and O–H groups in total. The third-order valence-electron chi connectivity index (χ3n) is 3.50. The molecule has 0 saturated carbocycles. The van der Waals surface area contributed by atoms with Gasteiger partial charge in [0.05, 0.1) is 23.4 Å². The Labute approximate surface area is 122 Å². The van der Waals surface area contributed by atoms with E-state index >= 15 is 0 Å². The molecule has 1 saturated heterocycles. The summed E-state index contributed by atoms with van der Waals surface area (Å²) in [5.74, 6) is 0. The van der Waals surface area contributed by atoms with Crippen LogP contribution in [-0.2, 0) is 4.74 Å². The van der Waals surface area contributed by atoms with Crippen molar-refractivity contribution in [2.24, 2.45) is 0 Å². The number of hydrogen-bond acceptors (Lipinski definition) is 4. The molecule has 1 aliphatic heterocycles. The Morgan fingerprint density at radius 3 is 3.05 bits per heavy atom. The summed E-state index contributed by atoms with van der Waals surface area (Å²) in [6, 6.07) is 7.96. The van der Waals surface area contributed by atoms with E-state index in [0.29, 0.717) is 12.2 Å². The first-order valence-corrected chi connectivity index (χ1v) is 7.16. The molecule has 0 aromatic heterocycles. The van der Waals surface area contributed by atoms with Crippen LogP contribution in [0.5, 0.6) is 0 Å². The molecule has 0 unspecified atom stereocenters. The lowest BCUT2D eigenvalue weighted by atomic mass is 9.98. The Morgan fingerprint density at radius 1 is 1.58 bits per heavy atom. The molecule has 0 spiro atoms. The number of rotatable bonds is 5. The summed E-state index contributed by atoms with van der Waals surface area (Å²) in [6.45, 7) is 2.45. The number of nitrogens with zero attached hydrogens (tertiary/aromatic N) is 1. The van der Waals surface area contributed by atoms with Gasteiger partial charge in [0, 0.05) is 18.1 Å². The van der Waals surface area contributed by atoms with E-state index in [1.807, 2.05) is 18.2 Å². The molecule has 1 heterocycles. The first-order valence-electron chi connectivity index (χ1n) is 6.37. The quantitative estimate of drug-likeness (QED) is 0.874. The van der Waals surface area contributed by atoms with Gasteiger partial charge in [-0.25, -0.2) is 0 Å². The first kappa shape index (κ1) is 14.3. The van der Waals surface area contributed by atoms with Gasteiger partial charge in [0.1, 0.15) is 6.07 Å². The molecule has 1 atom stereocenters. The van der Waals surface area contributed by atoms with E-state index in [1.54, 1.807) is 7.11 Å². The summed E-state index contributed by atoms with van der Waals surface area (Å²) < 4.78 is 6.14. The van der Waals surface area contributed by atoms with Crippen LogP contribution in [0.1, 0.15) is 18.4 Å². The second-order valence-electron chi connectivity index (χ2n) is 4.87. The Morgan fingerprint density at radius 2 is 2.42 bits per heavy atom. The van der Waals surface area contributed by atoms with Gasteiger partial charge in [0.25, 0.3) is 0 Å². The average molecular weight is 324 g/mol. The highest BCUT2D eigenvalue weighted by molar-refractivity contribution is 9.10. The minimum Gasteiger partial charge on any atom is -0.383 e. The zero-order chi connectivity index (χ0) is 13.7. The van der Waals surface area contributed by atoms with Gasteiger partial charge in [-0.15, -0.1) is 0 Å². The molecule has 5 heteroatoms. The maximum absolute atomic E-state index is 9.20. The number of hydrogen-bond donors (Lipinski definition) is 2. The zero-order valence-corrected chi connectivity index (χ0v) is 12.6. The third kappa shape index (κ3) is 3.27. The second kappa shape index (κ2) is 6.38. The summed E-state index contributed by atoms with van der Waals surface area (Å²) in [5.41, 5.74) is 1.48. The maximum Gasteiger partial charge on any atom is 0.103 e. The van der Waals surface area contributed by atoms with E-state index < -0.39 is 0 Å². The standard InChI is InChI=1S/C14H18BrN3O/c1-19-10-14(6-3-7-18-14)9-17-13-5-2-4-12(15)11(13)8-16/h2,4-5,17-18H,3,6-7,9-10H2,1H3/t14-/m0/s1. The van der Waals surface area contributed by atoms with Crippen LogP contribution in [-0.4, -0.2) is 32.3 Å². The predicted octanol–water partition coefficient (Wildman–Crippen LogP) is 2.50. The van der Waals surface area contributed by atoms with Gasteiger partial charge in [-0.05, 0) is 47.4 Å². The Kier molecular flexibility index (Phi) is 4.81. The smallest absolute Gasteiger partial charge is 0.103 e. The molecule has 1 aliphatic rings. The topological polar surface area (TPSA) is 57.1 Å². The van der Waals surface area contributed by atoms with E-state index in [9.17, 15) is 5.26 Å². The van der Waals surface area contributed by atoms with E-state index in [2.05, 4.69) is 32.6 Å². The molecule has 102 valence electrons. The first-order chi connectivity index (χ1) is 9.21. The second-order valence-corrected chi connectivity index (χ2v) is 5.73. The predicted molar refractivity (Wildman–Crippen MR) is 79.2 cm³/mol. The molecule has 4 nitrogen and oxygen atoms in total. The highest BCUT2D eigenvalue weighted by Crippen LogP contribution is 2.26. The molecule has 2 rings (SSSR count). The fraction of sp³-hybridized carbons (Fsp3) is 0.500. The van der Waals surface area contributed by atoms with Crippen molar-refractivity contribution >= 4 is 21.6 Å². The van der Waals surface area contributed by atoms with Gasteiger partial charge >= 0.3 is 0 Å². The molecule has 1 fully saturated rings. The summed E-state index contributed by atoms with van der Waals surface area (Å²) in [5, 5.41) is 16.1. The molecule has 0 aliphatic carbocycles. The molecular formula is C14H18BrN3O. The molecule has 0 bridgehead atoms. The van der Waals surface area contributed by atoms with Crippen LogP contribution >= 0.6 is 15.9 Å². The van der Waals surface area contributed by atoms with Gasteiger partial charge in [0.15, 0.2) is 0 Å². The van der Waals surface area contributed by atoms with Gasteiger partial charge in [-0.3, -0.25) is 0 Å². The number of halogens is 1. The number of nitriles is 1. The number of methoxy groups -OCH3 is 1. The Balaban J connectivity index is 2.10. The maximum atomic E-state index is 9.20. The van der Waals surface area contributed by atoms with Crippen LogP contribution in [0.3, 0.4) is 0 Å². The Hall–Kier alpha value is -1.09. The number of anilines is 1. The molecule has 1 aromatic rings. The number of nitrogens with one attached hydrogen (secondary N) is 2. The van der Waals surface area contributed by atoms with Crippen molar-refractivity contribution in [1.29, 1.82) is 5.26 Å². The van der Waals surface area contributed by atoms with Crippen LogP contribution in [0.25, 0.3) is 0 Å². The Bertz CT molecular complexity index is 478. The fourth-order valence-corrected chi connectivity index (χ4v) is 2.97. The monoisotopic (exact) mass is 323 g/mol. The molecular weight excluding hydrogens is 306 g/mol. The van der Waals surface area contributed by atoms with E-state index in [4.69, 9.17) is 4.74 Å².